The molecule has 0 aromatic heterocycles. The first-order valence-corrected chi connectivity index (χ1v) is 8.76. The van der Waals surface area contributed by atoms with Crippen LogP contribution in [0.25, 0.3) is 0 Å². The smallest absolute Gasteiger partial charge is 0.241 e. The van der Waals surface area contributed by atoms with Gasteiger partial charge in [0.15, 0.2) is 0 Å². The van der Waals surface area contributed by atoms with Gasteiger partial charge in [0, 0.05) is 19.0 Å². The monoisotopic (exact) mass is 294 g/mol. The number of rotatable bonds is 5. The molecule has 0 aromatic carbocycles. The highest BCUT2D eigenvalue weighted by Crippen LogP contribution is 2.24. The molecule has 0 bridgehead atoms. The fourth-order valence-electron chi connectivity index (χ4n) is 3.72. The lowest BCUT2D eigenvalue weighted by molar-refractivity contribution is -0.133. The summed E-state index contributed by atoms with van der Waals surface area (Å²) in [6.45, 7) is 4.14. The van der Waals surface area contributed by atoms with Crippen molar-refractivity contribution in [2.45, 2.75) is 64.7 Å². The van der Waals surface area contributed by atoms with E-state index < -0.39 is 0 Å². The molecule has 1 atom stereocenters. The van der Waals surface area contributed by atoms with E-state index in [4.69, 9.17) is 0 Å². The molecule has 4 nitrogen and oxygen atoms in total. The maximum Gasteiger partial charge on any atom is 0.241 e. The number of hydrogen-bond donors (Lipinski definition) is 1. The molecule has 0 spiro atoms. The van der Waals surface area contributed by atoms with Gasteiger partial charge < -0.3 is 10.2 Å². The molecule has 1 saturated heterocycles. The molecule has 0 aromatic rings. The lowest BCUT2D eigenvalue weighted by Crippen LogP contribution is -2.42. The molecule has 1 aliphatic carbocycles. The molecule has 1 aliphatic heterocycles. The van der Waals surface area contributed by atoms with Gasteiger partial charge in [-0.3, -0.25) is 9.59 Å². The highest BCUT2D eigenvalue weighted by Gasteiger charge is 2.24. The fourth-order valence-corrected chi connectivity index (χ4v) is 3.72. The summed E-state index contributed by atoms with van der Waals surface area (Å²) in [4.78, 5) is 26.2. The number of likely N-dealkylation sites (tertiary alicyclic amines) is 1. The van der Waals surface area contributed by atoms with Crippen molar-refractivity contribution in [3.63, 3.8) is 0 Å². The van der Waals surface area contributed by atoms with Crippen molar-refractivity contribution >= 4 is 11.8 Å². The quantitative estimate of drug-likeness (QED) is 0.847. The molecule has 1 unspecified atom stereocenters. The molecule has 4 heteroatoms. The van der Waals surface area contributed by atoms with E-state index in [0.717, 1.165) is 57.5 Å². The van der Waals surface area contributed by atoms with Gasteiger partial charge >= 0.3 is 0 Å². The van der Waals surface area contributed by atoms with E-state index >= 15 is 0 Å². The van der Waals surface area contributed by atoms with E-state index in [2.05, 4.69) is 12.2 Å². The maximum absolute atomic E-state index is 12.2. The number of nitrogens with zero attached hydrogens (tertiary/aromatic N) is 1. The van der Waals surface area contributed by atoms with Gasteiger partial charge in [-0.1, -0.05) is 32.6 Å². The van der Waals surface area contributed by atoms with Crippen LogP contribution in [0.5, 0.6) is 0 Å². The molecule has 2 aliphatic rings. The van der Waals surface area contributed by atoms with E-state index in [1.807, 2.05) is 4.90 Å². The second-order valence-corrected chi connectivity index (χ2v) is 6.67. The fraction of sp³-hybridized carbons (Fsp3) is 0.882. The minimum atomic E-state index is 0.0829. The van der Waals surface area contributed by atoms with E-state index in [1.54, 1.807) is 0 Å². The van der Waals surface area contributed by atoms with Gasteiger partial charge in [0.05, 0.1) is 6.54 Å². The van der Waals surface area contributed by atoms with Crippen LogP contribution in [0.15, 0.2) is 0 Å². The third-order valence-corrected chi connectivity index (χ3v) is 5.04. The first kappa shape index (κ1) is 16.3. The Kier molecular flexibility index (Phi) is 6.52. The van der Waals surface area contributed by atoms with Crippen LogP contribution >= 0.6 is 0 Å². The van der Waals surface area contributed by atoms with Crippen molar-refractivity contribution in [2.75, 3.05) is 19.6 Å². The Morgan fingerprint density at radius 2 is 1.81 bits per heavy atom. The van der Waals surface area contributed by atoms with Crippen molar-refractivity contribution in [3.8, 4) is 0 Å². The summed E-state index contributed by atoms with van der Waals surface area (Å²) in [6.07, 6.45) is 10.3. The van der Waals surface area contributed by atoms with Crippen molar-refractivity contribution in [1.82, 2.24) is 10.2 Å². The second-order valence-electron chi connectivity index (χ2n) is 6.67. The summed E-state index contributed by atoms with van der Waals surface area (Å²) in [7, 11) is 0. The second kappa shape index (κ2) is 8.40. The average molecular weight is 294 g/mol. The summed E-state index contributed by atoms with van der Waals surface area (Å²) in [5, 5.41) is 2.85. The molecule has 0 radical (unpaired) electrons. The average Bonchev–Trinajstić information content (AvgIpc) is 2.92. The van der Waals surface area contributed by atoms with Crippen molar-refractivity contribution < 1.29 is 9.59 Å². The van der Waals surface area contributed by atoms with Crippen LogP contribution in [0.1, 0.15) is 64.7 Å². The SMILES string of the molecule is CCCC1CCCN(C(=O)CNC(=O)C2CCCC2)CC1. The first-order chi connectivity index (χ1) is 10.2. The van der Waals surface area contributed by atoms with Gasteiger partial charge in [0.1, 0.15) is 0 Å². The highest BCUT2D eigenvalue weighted by atomic mass is 16.2. The van der Waals surface area contributed by atoms with Crippen LogP contribution in [0.4, 0.5) is 0 Å². The van der Waals surface area contributed by atoms with E-state index in [9.17, 15) is 9.59 Å². The molecular weight excluding hydrogens is 264 g/mol. The Bertz CT molecular complexity index is 351. The van der Waals surface area contributed by atoms with Gasteiger partial charge in [0.2, 0.25) is 11.8 Å². The summed E-state index contributed by atoms with van der Waals surface area (Å²) < 4.78 is 0. The number of amides is 2. The molecule has 2 amide bonds. The zero-order valence-corrected chi connectivity index (χ0v) is 13.4. The summed E-state index contributed by atoms with van der Waals surface area (Å²) in [5.41, 5.74) is 0. The van der Waals surface area contributed by atoms with Crippen LogP contribution in [0.2, 0.25) is 0 Å². The maximum atomic E-state index is 12.2. The van der Waals surface area contributed by atoms with Gasteiger partial charge in [-0.25, -0.2) is 0 Å². The van der Waals surface area contributed by atoms with Gasteiger partial charge in [-0.2, -0.15) is 0 Å². The third kappa shape index (κ3) is 5.01. The molecule has 1 heterocycles. The van der Waals surface area contributed by atoms with E-state index in [1.165, 1.54) is 19.3 Å². The topological polar surface area (TPSA) is 49.4 Å². The minimum absolute atomic E-state index is 0.0829. The lowest BCUT2D eigenvalue weighted by atomic mass is 9.96. The van der Waals surface area contributed by atoms with Crippen LogP contribution in [0.3, 0.4) is 0 Å². The molecule has 1 saturated carbocycles. The van der Waals surface area contributed by atoms with Gasteiger partial charge in [-0.15, -0.1) is 0 Å². The summed E-state index contributed by atoms with van der Waals surface area (Å²) in [5.74, 6) is 1.11. The predicted octanol–water partition coefficient (Wildman–Crippen LogP) is 2.72. The number of nitrogens with one attached hydrogen (secondary N) is 1. The van der Waals surface area contributed by atoms with Crippen molar-refractivity contribution in [3.05, 3.63) is 0 Å². The minimum Gasteiger partial charge on any atom is -0.347 e. The Labute approximate surface area is 128 Å². The number of carbonyl (C=O) groups excluding carboxylic acids is 2. The molecule has 2 fully saturated rings. The molecule has 120 valence electrons. The van der Waals surface area contributed by atoms with Crippen LogP contribution < -0.4 is 5.32 Å². The van der Waals surface area contributed by atoms with Crippen LogP contribution in [-0.4, -0.2) is 36.3 Å². The summed E-state index contributed by atoms with van der Waals surface area (Å²) >= 11 is 0. The van der Waals surface area contributed by atoms with Gasteiger partial charge in [-0.05, 0) is 38.0 Å². The van der Waals surface area contributed by atoms with Gasteiger partial charge in [0.25, 0.3) is 0 Å². The first-order valence-electron chi connectivity index (χ1n) is 8.76. The van der Waals surface area contributed by atoms with Crippen LogP contribution in [-0.2, 0) is 9.59 Å². The molecular formula is C17H30N2O2. The molecule has 2 rings (SSSR count). The lowest BCUT2D eigenvalue weighted by Gasteiger charge is -2.21. The largest absolute Gasteiger partial charge is 0.347 e. The number of hydrogen-bond acceptors (Lipinski definition) is 2. The Balaban J connectivity index is 1.71. The Morgan fingerprint density at radius 1 is 1.05 bits per heavy atom. The third-order valence-electron chi connectivity index (χ3n) is 5.04. The Morgan fingerprint density at radius 3 is 2.52 bits per heavy atom. The Hall–Kier alpha value is -1.06. The van der Waals surface area contributed by atoms with Crippen molar-refractivity contribution in [1.29, 1.82) is 0 Å². The standard InChI is InChI=1S/C17H30N2O2/c1-2-6-14-7-5-11-19(12-10-14)16(20)13-18-17(21)15-8-3-4-9-15/h14-15H,2-13H2,1H3,(H,18,21). The normalized spacial score (nSPS) is 23.9. The van der Waals surface area contributed by atoms with Crippen molar-refractivity contribution in [2.24, 2.45) is 11.8 Å². The van der Waals surface area contributed by atoms with Crippen LogP contribution in [0, 0.1) is 11.8 Å². The van der Waals surface area contributed by atoms with E-state index in [0.29, 0.717) is 0 Å². The summed E-state index contributed by atoms with van der Waals surface area (Å²) in [6, 6.07) is 0. The molecule has 21 heavy (non-hydrogen) atoms. The molecule has 1 N–H and O–H groups in total. The van der Waals surface area contributed by atoms with E-state index in [-0.39, 0.29) is 24.3 Å². The number of carbonyl (C=O) groups is 2. The highest BCUT2D eigenvalue weighted by molar-refractivity contribution is 5.85. The predicted molar refractivity (Wildman–Crippen MR) is 83.8 cm³/mol. The zero-order valence-electron chi connectivity index (χ0n) is 13.4. The zero-order chi connectivity index (χ0) is 15.1.